The van der Waals surface area contributed by atoms with Gasteiger partial charge in [0.1, 0.15) is 6.04 Å². The molecule has 0 aliphatic carbocycles. The third kappa shape index (κ3) is 11.3. The van der Waals surface area contributed by atoms with Crippen LogP contribution in [0, 0.1) is 17.8 Å². The van der Waals surface area contributed by atoms with Crippen LogP contribution in [0.5, 0.6) is 0 Å². The molecule has 1 aliphatic rings. The van der Waals surface area contributed by atoms with E-state index in [1.165, 1.54) is 7.11 Å². The molecule has 294 valence electrons. The van der Waals surface area contributed by atoms with E-state index in [-0.39, 0.29) is 47.9 Å². The maximum Gasteiger partial charge on any atom is 0.245 e. The molecule has 1 fully saturated rings. The maximum absolute atomic E-state index is 14.2. The lowest BCUT2D eigenvalue weighted by atomic mass is 9.92. The van der Waals surface area contributed by atoms with Gasteiger partial charge in [-0.05, 0) is 57.7 Å². The van der Waals surface area contributed by atoms with Crippen LogP contribution in [0.3, 0.4) is 0 Å². The van der Waals surface area contributed by atoms with Crippen LogP contribution in [0.4, 0.5) is 0 Å². The minimum atomic E-state index is -0.883. The van der Waals surface area contributed by atoms with E-state index in [0.29, 0.717) is 24.9 Å². The smallest absolute Gasteiger partial charge is 0.245 e. The highest BCUT2D eigenvalue weighted by Gasteiger charge is 2.43. The zero-order valence-electron chi connectivity index (χ0n) is 33.7. The van der Waals surface area contributed by atoms with E-state index >= 15 is 0 Å². The van der Waals surface area contributed by atoms with Crippen LogP contribution < -0.4 is 10.6 Å². The first-order valence-corrected chi connectivity index (χ1v) is 18.7. The van der Waals surface area contributed by atoms with Gasteiger partial charge in [-0.15, -0.1) is 0 Å². The molecule has 0 bridgehead atoms. The van der Waals surface area contributed by atoms with E-state index in [2.05, 4.69) is 17.2 Å². The average Bonchev–Trinajstić information content (AvgIpc) is 3.59. The third-order valence-electron chi connectivity index (χ3n) is 10.5. The molecule has 9 atom stereocenters. The molecular weight excluding hydrogens is 662 g/mol. The number of aliphatic hydroxyl groups is 1. The predicted molar refractivity (Wildman–Crippen MR) is 204 cm³/mol. The molecule has 12 nitrogen and oxygen atoms in total. The third-order valence-corrected chi connectivity index (χ3v) is 10.5. The van der Waals surface area contributed by atoms with Crippen molar-refractivity contribution in [3.63, 3.8) is 0 Å². The molecule has 0 radical (unpaired) electrons. The van der Waals surface area contributed by atoms with E-state index in [1.54, 1.807) is 37.8 Å². The van der Waals surface area contributed by atoms with Crippen LogP contribution in [-0.4, -0.2) is 128 Å². The molecular formula is C40H67N5O7. The Morgan fingerprint density at radius 2 is 1.54 bits per heavy atom. The van der Waals surface area contributed by atoms with Crippen molar-refractivity contribution in [3.8, 4) is 0 Å². The quantitative estimate of drug-likeness (QED) is 0.172. The molecule has 2 rings (SSSR count). The summed E-state index contributed by atoms with van der Waals surface area (Å²) in [6.07, 6.45) is -0.266. The Labute approximate surface area is 312 Å². The van der Waals surface area contributed by atoms with Crippen LogP contribution in [0.25, 0.3) is 0 Å². The summed E-state index contributed by atoms with van der Waals surface area (Å²) < 4.78 is 11.9. The number of ether oxygens (including phenoxy) is 2. The number of hydrogen-bond donors (Lipinski definition) is 3. The molecule has 4 amide bonds. The lowest BCUT2D eigenvalue weighted by molar-refractivity contribution is -0.145. The van der Waals surface area contributed by atoms with Gasteiger partial charge in [-0.1, -0.05) is 84.0 Å². The van der Waals surface area contributed by atoms with Gasteiger partial charge in [0.15, 0.2) is 0 Å². The van der Waals surface area contributed by atoms with Gasteiger partial charge in [0.25, 0.3) is 0 Å². The number of amides is 4. The Morgan fingerprint density at radius 1 is 0.923 bits per heavy atom. The van der Waals surface area contributed by atoms with Gasteiger partial charge in [-0.2, -0.15) is 0 Å². The number of aliphatic hydroxyl groups excluding tert-OH is 1. The van der Waals surface area contributed by atoms with Gasteiger partial charge in [-0.3, -0.25) is 24.1 Å². The van der Waals surface area contributed by atoms with E-state index in [1.807, 2.05) is 83.9 Å². The summed E-state index contributed by atoms with van der Waals surface area (Å²) in [5.41, 5.74) is 1.43. The zero-order valence-corrected chi connectivity index (χ0v) is 33.7. The molecule has 12 heteroatoms. The number of rotatable bonds is 20. The van der Waals surface area contributed by atoms with Crippen molar-refractivity contribution in [2.45, 2.75) is 123 Å². The SMILES string of the molecule is C=C(CC)[C@@H]([C@@H](CC(=O)N1CCC[C@H]1C(OC)[C@@H](C)C(=O)N[C@H](C)C(O)c1ccccc1)OC)N(C)C(=O)[C@@H](NC(=O)C(C(C)C)N(C)C)C(C)C. The maximum atomic E-state index is 14.2. The monoisotopic (exact) mass is 730 g/mol. The molecule has 52 heavy (non-hydrogen) atoms. The number of likely N-dealkylation sites (N-methyl/N-ethyl adjacent to an activating group) is 2. The molecule has 3 unspecified atom stereocenters. The molecule has 1 saturated heterocycles. The molecule has 1 aromatic carbocycles. The number of carbonyl (C=O) groups is 4. The number of carbonyl (C=O) groups excluding carboxylic acids is 4. The average molecular weight is 730 g/mol. The Balaban J connectivity index is 2.26. The number of methoxy groups -OCH3 is 2. The largest absolute Gasteiger partial charge is 0.386 e. The Bertz CT molecular complexity index is 1310. The Morgan fingerprint density at radius 3 is 2.04 bits per heavy atom. The molecule has 1 heterocycles. The Hall–Kier alpha value is -3.32. The van der Waals surface area contributed by atoms with Gasteiger partial charge in [0, 0.05) is 27.8 Å². The van der Waals surface area contributed by atoms with Crippen LogP contribution in [0.15, 0.2) is 42.5 Å². The second-order valence-electron chi connectivity index (χ2n) is 15.2. The van der Waals surface area contributed by atoms with Crippen molar-refractivity contribution in [2.24, 2.45) is 17.8 Å². The second-order valence-corrected chi connectivity index (χ2v) is 15.2. The fourth-order valence-electron chi connectivity index (χ4n) is 7.51. The first-order chi connectivity index (χ1) is 24.4. The van der Waals surface area contributed by atoms with Crippen molar-refractivity contribution >= 4 is 23.6 Å². The van der Waals surface area contributed by atoms with Gasteiger partial charge < -0.3 is 35.0 Å². The summed E-state index contributed by atoms with van der Waals surface area (Å²) in [6.45, 7) is 18.0. The Kier molecular flexibility index (Phi) is 17.9. The van der Waals surface area contributed by atoms with Gasteiger partial charge >= 0.3 is 0 Å². The molecule has 3 N–H and O–H groups in total. The summed E-state index contributed by atoms with van der Waals surface area (Å²) in [5.74, 6) is -1.74. The van der Waals surface area contributed by atoms with Crippen molar-refractivity contribution < 1.29 is 33.8 Å². The summed E-state index contributed by atoms with van der Waals surface area (Å²) in [6, 6.07) is 6.42. The van der Waals surface area contributed by atoms with Crippen LogP contribution in [0.1, 0.15) is 85.8 Å². The lowest BCUT2D eigenvalue weighted by Gasteiger charge is -2.39. The van der Waals surface area contributed by atoms with Gasteiger partial charge in [0.2, 0.25) is 23.6 Å². The van der Waals surface area contributed by atoms with Crippen LogP contribution in [-0.2, 0) is 28.7 Å². The summed E-state index contributed by atoms with van der Waals surface area (Å²) >= 11 is 0. The van der Waals surface area contributed by atoms with E-state index < -0.39 is 48.4 Å². The van der Waals surface area contributed by atoms with Gasteiger partial charge in [0.05, 0.1) is 54.8 Å². The van der Waals surface area contributed by atoms with E-state index in [0.717, 1.165) is 12.0 Å². The highest BCUT2D eigenvalue weighted by atomic mass is 16.5. The normalized spacial score (nSPS) is 19.4. The summed E-state index contributed by atoms with van der Waals surface area (Å²) in [7, 11) is 8.43. The highest BCUT2D eigenvalue weighted by Crippen LogP contribution is 2.30. The molecule has 0 saturated carbocycles. The van der Waals surface area contributed by atoms with Crippen molar-refractivity contribution in [1.29, 1.82) is 0 Å². The number of likely N-dealkylation sites (tertiary alicyclic amines) is 1. The minimum Gasteiger partial charge on any atom is -0.386 e. The standard InChI is InChI=1S/C40H67N5O7/c1-14-26(6)35(44(11)40(50)33(24(2)3)42-39(49)34(25(4)5)43(9)10)31(51-12)23-32(46)45-22-18-21-30(45)37(52-13)27(7)38(48)41-28(8)36(47)29-19-16-15-17-20-29/h15-17,19-20,24-25,27-28,30-31,33-37,47H,6,14,18,21-23H2,1-5,7-13H3,(H,41,48)(H,42,49)/t27-,28-,30+,31-,33+,34?,35+,36?,37?/m1/s1. The first-order valence-electron chi connectivity index (χ1n) is 18.7. The fraction of sp³-hybridized carbons (Fsp3) is 0.700. The van der Waals surface area contributed by atoms with Crippen LogP contribution >= 0.6 is 0 Å². The molecule has 1 aliphatic heterocycles. The number of hydrogen-bond acceptors (Lipinski definition) is 8. The predicted octanol–water partition coefficient (Wildman–Crippen LogP) is 3.79. The first kappa shape index (κ1) is 44.8. The van der Waals surface area contributed by atoms with Crippen molar-refractivity contribution in [1.82, 2.24) is 25.3 Å². The number of nitrogens with zero attached hydrogens (tertiary/aromatic N) is 3. The highest BCUT2D eigenvalue weighted by molar-refractivity contribution is 5.90. The van der Waals surface area contributed by atoms with E-state index in [9.17, 15) is 24.3 Å². The van der Waals surface area contributed by atoms with Crippen molar-refractivity contribution in [2.75, 3.05) is 41.9 Å². The molecule has 0 aromatic heterocycles. The van der Waals surface area contributed by atoms with Gasteiger partial charge in [-0.25, -0.2) is 0 Å². The zero-order chi connectivity index (χ0) is 39.4. The molecule has 1 aromatic rings. The summed E-state index contributed by atoms with van der Waals surface area (Å²) in [5, 5.41) is 16.8. The summed E-state index contributed by atoms with van der Waals surface area (Å²) in [4.78, 5) is 60.3. The lowest BCUT2D eigenvalue weighted by Crippen LogP contribution is -2.59. The van der Waals surface area contributed by atoms with Crippen molar-refractivity contribution in [3.05, 3.63) is 48.0 Å². The minimum absolute atomic E-state index is 0.0274. The number of nitrogens with one attached hydrogen (secondary N) is 2. The fourth-order valence-corrected chi connectivity index (χ4v) is 7.51. The van der Waals surface area contributed by atoms with Crippen LogP contribution in [0.2, 0.25) is 0 Å². The molecule has 0 spiro atoms. The number of benzene rings is 1. The topological polar surface area (TPSA) is 141 Å². The second kappa shape index (κ2) is 20.8. The van der Waals surface area contributed by atoms with E-state index in [4.69, 9.17) is 9.47 Å².